The van der Waals surface area contributed by atoms with Crippen LogP contribution in [-0.2, 0) is 16.2 Å². The number of benzene rings is 16. The van der Waals surface area contributed by atoms with E-state index >= 15 is 0 Å². The predicted octanol–water partition coefficient (Wildman–Crippen LogP) is 24.3. The number of ether oxygens (including phenoxy) is 6. The van der Waals surface area contributed by atoms with E-state index in [4.69, 9.17) is 39.9 Å². The summed E-state index contributed by atoms with van der Waals surface area (Å²) in [7, 11) is 0. The largest absolute Gasteiger partial charge is 0.457 e. The predicted molar refractivity (Wildman–Crippen MR) is 463 cm³/mol. The normalized spacial score (nSPS) is 13.7. The lowest BCUT2D eigenvalue weighted by molar-refractivity contribution is 0.0910. The lowest BCUT2D eigenvalue weighted by Gasteiger charge is -2.34. The Hall–Kier alpha value is -15.8. The van der Waals surface area contributed by atoms with Gasteiger partial charge in [-0.25, -0.2) is 9.80 Å². The van der Waals surface area contributed by atoms with Gasteiger partial charge in [-0.05, 0) is 284 Å². The van der Waals surface area contributed by atoms with Crippen molar-refractivity contribution in [3.63, 3.8) is 0 Å². The molecule has 0 saturated carbocycles. The number of anilines is 4. The van der Waals surface area contributed by atoms with Crippen LogP contribution >= 0.6 is 0 Å². The highest BCUT2D eigenvalue weighted by Gasteiger charge is 2.48. The summed E-state index contributed by atoms with van der Waals surface area (Å²) < 4.78 is 38.0. The molecule has 2 aliphatic heterocycles. The zero-order valence-electron chi connectivity index (χ0n) is 64.4. The molecule has 4 aliphatic rings. The van der Waals surface area contributed by atoms with Gasteiger partial charge in [0.2, 0.25) is 0 Å². The van der Waals surface area contributed by atoms with E-state index < -0.39 is 39.9 Å². The highest BCUT2D eigenvalue weighted by molar-refractivity contribution is 6.35. The summed E-state index contributed by atoms with van der Waals surface area (Å²) in [5.41, 5.74) is 29.0. The highest BCUT2D eigenvalue weighted by atomic mass is 16.5. The van der Waals surface area contributed by atoms with Crippen molar-refractivity contribution in [2.75, 3.05) is 21.3 Å². The van der Waals surface area contributed by atoms with Crippen molar-refractivity contribution in [1.82, 2.24) is 0 Å². The van der Waals surface area contributed by atoms with Gasteiger partial charge in [-0.3, -0.25) is 19.2 Å². The highest BCUT2D eigenvalue weighted by Crippen LogP contribution is 2.59. The van der Waals surface area contributed by atoms with Crippen LogP contribution in [0.2, 0.25) is 0 Å². The molecule has 0 fully saturated rings. The van der Waals surface area contributed by atoms with Crippen molar-refractivity contribution in [2.24, 2.45) is 0 Å². The Morgan fingerprint density at radius 2 is 0.437 bits per heavy atom. The third kappa shape index (κ3) is 12.5. The minimum Gasteiger partial charge on any atom is -0.457 e. The van der Waals surface area contributed by atoms with Gasteiger partial charge in [0.1, 0.15) is 69.0 Å². The number of imide groups is 2. The third-order valence-corrected chi connectivity index (χ3v) is 23.3. The van der Waals surface area contributed by atoms with E-state index in [-0.39, 0.29) is 22.3 Å². The lowest BCUT2D eigenvalue weighted by Crippen LogP contribution is -2.29. The number of carbonyl (C=O) groups is 4. The summed E-state index contributed by atoms with van der Waals surface area (Å²) >= 11 is 0. The van der Waals surface area contributed by atoms with E-state index in [9.17, 15) is 19.2 Å². The SMILES string of the molecule is CC(C)(c1ccc(Oc2ccc3c(c2)C(=O)N(c2ccc(Oc4ccc(C5(c6ccc(Oc7ccc(N)cc7)cc6)c6ccccc6-c6ccccc65)cc4)cc2)C3=O)cc1)c1ccc(Oc2ccc3c(c2)C(=O)N(c2ccc(Oc4ccc(C5(c6ccc(Oc7ccc(N)cc7)cc6)c6ccccc6-c6ccccc65)cc4)cc2)C3=O)cc1. The summed E-state index contributed by atoms with van der Waals surface area (Å²) in [6.45, 7) is 4.25. The first-order valence-corrected chi connectivity index (χ1v) is 39.2. The molecule has 0 bridgehead atoms. The van der Waals surface area contributed by atoms with Crippen LogP contribution in [-0.4, -0.2) is 23.6 Å². The molecule has 0 unspecified atom stereocenters. The van der Waals surface area contributed by atoms with Gasteiger partial charge in [-0.15, -0.1) is 0 Å². The molecule has 16 aromatic carbocycles. The van der Waals surface area contributed by atoms with Gasteiger partial charge < -0.3 is 39.9 Å². The number of fused-ring (bicyclic) bond motifs is 8. The number of amides is 4. The molecular weight excluding hydrogens is 1480 g/mol. The number of hydrogen-bond donors (Lipinski definition) is 2. The average molecular weight is 1550 g/mol. The van der Waals surface area contributed by atoms with Gasteiger partial charge in [-0.1, -0.05) is 184 Å². The second-order valence-electron chi connectivity index (χ2n) is 30.5. The van der Waals surface area contributed by atoms with Crippen LogP contribution in [0.5, 0.6) is 69.0 Å². The Labute approximate surface area is 686 Å². The lowest BCUT2D eigenvalue weighted by atomic mass is 9.68. The molecule has 0 spiro atoms. The first kappa shape index (κ1) is 72.2. The molecule has 0 saturated heterocycles. The van der Waals surface area contributed by atoms with E-state index in [1.54, 1.807) is 84.9 Å². The van der Waals surface area contributed by atoms with E-state index in [2.05, 4.69) is 159 Å². The van der Waals surface area contributed by atoms with Gasteiger partial charge in [0.15, 0.2) is 0 Å². The molecule has 4 amide bonds. The topological polar surface area (TPSA) is 182 Å². The Morgan fingerprint density at radius 1 is 0.227 bits per heavy atom. The number of nitrogens with two attached hydrogens (primary N) is 2. The maximum Gasteiger partial charge on any atom is 0.266 e. The average Bonchev–Trinajstić information content (AvgIpc) is 1.55. The summed E-state index contributed by atoms with van der Waals surface area (Å²) in [4.78, 5) is 58.6. The standard InChI is InChI=1S/C105H72N4O10/c1-103(2,65-19-39-79(40-20-65)118-85-59-61-91-93(63-85)101(112)108(99(91)110)73-35-55-83(56-36-73)116-77-47-27-69(28-48-77)104(95-15-7-3-11-87(95)88-12-4-8-16-96(88)104)67-23-43-75(44-24-67)114-81-51-31-71(106)32-52-81)66-21-41-80(42-22-66)119-86-60-62-92-94(64-86)102(113)109(100(92)111)74-37-57-84(58-38-74)117-78-49-29-70(30-50-78)105(97-17-9-5-13-89(97)90-14-6-10-18-98(90)105)68-25-45-76(46-26-68)115-82-53-33-72(107)34-54-82/h3-64H,106-107H2,1-2H3. The zero-order valence-corrected chi connectivity index (χ0v) is 64.4. The molecule has 14 heteroatoms. The minimum absolute atomic E-state index is 0.234. The third-order valence-electron chi connectivity index (χ3n) is 23.3. The second-order valence-corrected chi connectivity index (χ2v) is 30.5. The second kappa shape index (κ2) is 28.9. The maximum absolute atomic E-state index is 14.2. The fourth-order valence-electron chi connectivity index (χ4n) is 17.4. The molecule has 119 heavy (non-hydrogen) atoms. The van der Waals surface area contributed by atoms with Crippen LogP contribution in [0.1, 0.15) is 111 Å². The number of rotatable bonds is 20. The Kier molecular flexibility index (Phi) is 17.6. The number of nitrogens with zero attached hydrogens (tertiary/aromatic N) is 2. The number of carbonyl (C=O) groups excluding carboxylic acids is 4. The number of nitrogen functional groups attached to an aromatic ring is 2. The Morgan fingerprint density at radius 3 is 0.706 bits per heavy atom. The summed E-state index contributed by atoms with van der Waals surface area (Å²) in [6.07, 6.45) is 0. The Bertz CT molecular complexity index is 6200. The van der Waals surface area contributed by atoms with Crippen molar-refractivity contribution < 1.29 is 47.6 Å². The van der Waals surface area contributed by atoms with Crippen molar-refractivity contribution in [2.45, 2.75) is 30.1 Å². The smallest absolute Gasteiger partial charge is 0.266 e. The van der Waals surface area contributed by atoms with E-state index in [0.29, 0.717) is 91.7 Å². The van der Waals surface area contributed by atoms with Crippen LogP contribution in [0.3, 0.4) is 0 Å². The fraction of sp³-hybridized carbons (Fsp3) is 0.0476. The van der Waals surface area contributed by atoms with Crippen LogP contribution < -0.4 is 49.7 Å². The van der Waals surface area contributed by atoms with Crippen molar-refractivity contribution >= 4 is 46.4 Å². The molecule has 0 atom stereocenters. The van der Waals surface area contributed by atoms with Gasteiger partial charge in [0.05, 0.1) is 44.5 Å². The van der Waals surface area contributed by atoms with Crippen molar-refractivity contribution in [3.8, 4) is 91.2 Å². The molecule has 14 nitrogen and oxygen atoms in total. The van der Waals surface area contributed by atoms with Crippen LogP contribution in [0.15, 0.2) is 376 Å². The molecule has 4 N–H and O–H groups in total. The van der Waals surface area contributed by atoms with Gasteiger partial charge >= 0.3 is 0 Å². The van der Waals surface area contributed by atoms with E-state index in [0.717, 1.165) is 33.4 Å². The molecule has 20 rings (SSSR count). The monoisotopic (exact) mass is 1550 g/mol. The van der Waals surface area contributed by atoms with Crippen molar-refractivity contribution in [1.29, 1.82) is 0 Å². The molecule has 0 aromatic heterocycles. The Balaban J connectivity index is 0.459. The van der Waals surface area contributed by atoms with Crippen molar-refractivity contribution in [3.05, 3.63) is 454 Å². The summed E-state index contributed by atoms with van der Waals surface area (Å²) in [5, 5.41) is 0. The molecule has 0 radical (unpaired) electrons. The fourth-order valence-corrected chi connectivity index (χ4v) is 17.4. The van der Waals surface area contributed by atoms with Crippen LogP contribution in [0.25, 0.3) is 22.3 Å². The zero-order chi connectivity index (χ0) is 80.7. The minimum atomic E-state index is -0.651. The van der Waals surface area contributed by atoms with Gasteiger partial charge in [-0.2, -0.15) is 0 Å². The summed E-state index contributed by atoms with van der Waals surface area (Å²) in [5.74, 6) is 5.16. The van der Waals surface area contributed by atoms with Crippen LogP contribution in [0, 0.1) is 0 Å². The quantitative estimate of drug-likeness (QED) is 0.0545. The van der Waals surface area contributed by atoms with E-state index in [1.165, 1.54) is 54.3 Å². The molecule has 2 heterocycles. The molecule has 572 valence electrons. The van der Waals surface area contributed by atoms with Gasteiger partial charge in [0.25, 0.3) is 23.6 Å². The molecular formula is C105H72N4O10. The maximum atomic E-state index is 14.2. The van der Waals surface area contributed by atoms with Crippen LogP contribution in [0.4, 0.5) is 22.7 Å². The molecule has 16 aromatic rings. The van der Waals surface area contributed by atoms with E-state index in [1.807, 2.05) is 146 Å². The number of hydrogen-bond acceptors (Lipinski definition) is 12. The molecule has 2 aliphatic carbocycles. The first-order valence-electron chi connectivity index (χ1n) is 39.2. The van der Waals surface area contributed by atoms with Gasteiger partial charge in [0, 0.05) is 16.8 Å². The first-order chi connectivity index (χ1) is 58.1. The summed E-state index contributed by atoms with van der Waals surface area (Å²) in [6, 6.07) is 121.